The van der Waals surface area contributed by atoms with E-state index in [0.717, 1.165) is 40.6 Å². The molecule has 1 aliphatic carbocycles. The van der Waals surface area contributed by atoms with Gasteiger partial charge in [-0.15, -0.1) is 0 Å². The molecule has 0 amide bonds. The lowest BCUT2D eigenvalue weighted by Gasteiger charge is -2.36. The third kappa shape index (κ3) is 5.48. The van der Waals surface area contributed by atoms with Crippen molar-refractivity contribution in [2.24, 2.45) is 0 Å². The minimum Gasteiger partial charge on any atom is -0.461 e. The molecular formula is C29H34N2O3S. The molecule has 1 N–H and O–H groups in total. The molecule has 2 atom stereocenters. The summed E-state index contributed by atoms with van der Waals surface area (Å²) in [5.41, 5.74) is 6.10. The summed E-state index contributed by atoms with van der Waals surface area (Å²) in [5.74, 6) is 1.17. The first-order valence-electron chi connectivity index (χ1n) is 12.2. The number of nitrogens with zero attached hydrogens (tertiary/aromatic N) is 1. The maximum Gasteiger partial charge on any atom is 0.336 e. The van der Waals surface area contributed by atoms with Gasteiger partial charge in [0.1, 0.15) is 6.61 Å². The second-order valence-electron chi connectivity index (χ2n) is 9.25. The molecule has 0 saturated carbocycles. The van der Waals surface area contributed by atoms with Crippen molar-refractivity contribution in [1.82, 2.24) is 5.32 Å². The molecule has 2 aliphatic rings. The fraction of sp³-hybridized carbons (Fsp3) is 0.379. The average molecular weight is 491 g/mol. The van der Waals surface area contributed by atoms with Crippen LogP contribution in [0.1, 0.15) is 49.7 Å². The number of anilines is 1. The largest absolute Gasteiger partial charge is 0.461 e. The molecule has 0 aromatic heterocycles. The van der Waals surface area contributed by atoms with Crippen LogP contribution in [0.25, 0.3) is 0 Å². The molecular weight excluding hydrogens is 456 g/mol. The summed E-state index contributed by atoms with van der Waals surface area (Å²) in [5, 5.41) is 3.43. The van der Waals surface area contributed by atoms with E-state index in [1.165, 1.54) is 5.56 Å². The molecule has 0 spiro atoms. The zero-order chi connectivity index (χ0) is 24.9. The van der Waals surface area contributed by atoms with Crippen LogP contribution in [0.4, 0.5) is 5.69 Å². The van der Waals surface area contributed by atoms with Crippen LogP contribution in [0.5, 0.6) is 0 Å². The summed E-state index contributed by atoms with van der Waals surface area (Å²) in [6.45, 7) is 4.36. The molecule has 2 aromatic rings. The number of Topliss-reactive ketones (excluding diaryl/α,β-unsaturated/α-hetero) is 1. The summed E-state index contributed by atoms with van der Waals surface area (Å²) in [6.07, 6.45) is 1.18. The number of allylic oxidation sites excluding steroid dienone is 3. The van der Waals surface area contributed by atoms with Gasteiger partial charge in [0, 0.05) is 54.8 Å². The molecule has 0 fully saturated rings. The Morgan fingerprint density at radius 2 is 1.77 bits per heavy atom. The van der Waals surface area contributed by atoms with Gasteiger partial charge >= 0.3 is 5.97 Å². The van der Waals surface area contributed by atoms with E-state index in [0.29, 0.717) is 24.2 Å². The molecule has 0 saturated heterocycles. The molecule has 0 radical (unpaired) electrons. The van der Waals surface area contributed by atoms with Gasteiger partial charge in [0.25, 0.3) is 0 Å². The highest BCUT2D eigenvalue weighted by atomic mass is 32.2. The first kappa shape index (κ1) is 25.1. The minimum atomic E-state index is -0.432. The number of esters is 1. The van der Waals surface area contributed by atoms with Crippen LogP contribution < -0.4 is 10.2 Å². The Balaban J connectivity index is 1.72. The van der Waals surface area contributed by atoms with Crippen molar-refractivity contribution in [3.8, 4) is 0 Å². The minimum absolute atomic E-state index is 0.0913. The highest BCUT2D eigenvalue weighted by Gasteiger charge is 2.41. The molecule has 0 bridgehead atoms. The fourth-order valence-electron chi connectivity index (χ4n) is 4.98. The van der Waals surface area contributed by atoms with Crippen LogP contribution in [-0.4, -0.2) is 44.0 Å². The topological polar surface area (TPSA) is 58.6 Å². The van der Waals surface area contributed by atoms with Crippen LogP contribution in [-0.2, 0) is 14.3 Å². The van der Waals surface area contributed by atoms with Gasteiger partial charge in [0.15, 0.2) is 5.78 Å². The number of benzene rings is 2. The lowest BCUT2D eigenvalue weighted by atomic mass is 9.71. The lowest BCUT2D eigenvalue weighted by Crippen LogP contribution is -2.36. The van der Waals surface area contributed by atoms with Crippen LogP contribution in [0.15, 0.2) is 77.1 Å². The molecule has 35 heavy (non-hydrogen) atoms. The van der Waals surface area contributed by atoms with E-state index in [1.54, 1.807) is 11.8 Å². The van der Waals surface area contributed by atoms with Crippen LogP contribution >= 0.6 is 11.8 Å². The number of ether oxygens (including phenoxy) is 1. The summed E-state index contributed by atoms with van der Waals surface area (Å²) in [4.78, 5) is 29.0. The zero-order valence-corrected chi connectivity index (χ0v) is 21.8. The average Bonchev–Trinajstić information content (AvgIpc) is 2.86. The van der Waals surface area contributed by atoms with Crippen molar-refractivity contribution in [2.75, 3.05) is 37.1 Å². The summed E-state index contributed by atoms with van der Waals surface area (Å²) >= 11 is 1.74. The molecule has 0 unspecified atom stereocenters. The lowest BCUT2D eigenvalue weighted by molar-refractivity contribution is -0.138. The third-order valence-electron chi connectivity index (χ3n) is 6.73. The van der Waals surface area contributed by atoms with Gasteiger partial charge in [-0.2, -0.15) is 11.8 Å². The number of carbonyl (C=O) groups excluding carboxylic acids is 2. The Morgan fingerprint density at radius 1 is 1.06 bits per heavy atom. The van der Waals surface area contributed by atoms with Crippen molar-refractivity contribution >= 4 is 29.2 Å². The van der Waals surface area contributed by atoms with Gasteiger partial charge in [0.05, 0.1) is 5.57 Å². The second kappa shape index (κ2) is 11.2. The van der Waals surface area contributed by atoms with E-state index in [4.69, 9.17) is 4.74 Å². The summed E-state index contributed by atoms with van der Waals surface area (Å²) in [6, 6.07) is 18.3. The number of carbonyl (C=O) groups is 2. The molecule has 4 rings (SSSR count). The van der Waals surface area contributed by atoms with E-state index in [2.05, 4.69) is 24.4 Å². The first-order chi connectivity index (χ1) is 16.9. The molecule has 6 heteroatoms. The van der Waals surface area contributed by atoms with Gasteiger partial charge in [-0.1, -0.05) is 49.4 Å². The number of hydrogen-bond donors (Lipinski definition) is 1. The summed E-state index contributed by atoms with van der Waals surface area (Å²) in [7, 11) is 3.99. The predicted octanol–water partition coefficient (Wildman–Crippen LogP) is 5.41. The van der Waals surface area contributed by atoms with Crippen molar-refractivity contribution in [3.05, 3.63) is 88.3 Å². The van der Waals surface area contributed by atoms with E-state index in [-0.39, 0.29) is 17.7 Å². The third-order valence-corrected chi connectivity index (χ3v) is 7.59. The van der Waals surface area contributed by atoms with Gasteiger partial charge in [-0.25, -0.2) is 4.79 Å². The monoisotopic (exact) mass is 490 g/mol. The highest BCUT2D eigenvalue weighted by molar-refractivity contribution is 7.99. The number of nitrogens with one attached hydrogen (secondary N) is 1. The van der Waals surface area contributed by atoms with Gasteiger partial charge in [-0.05, 0) is 48.3 Å². The zero-order valence-electron chi connectivity index (χ0n) is 21.0. The van der Waals surface area contributed by atoms with E-state index in [9.17, 15) is 9.59 Å². The number of ketones is 1. The standard InChI is InChI=1S/C29H34N2O3S/c1-5-35-16-15-34-29(33)26-19(2)30-24-17-22(20-9-7-6-8-10-20)18-25(32)28(24)27(26)21-11-13-23(14-12-21)31(3)4/h6-14,22,27,30H,5,15-18H2,1-4H3/t22-,27-/m1/s1. The number of thioether (sulfide) groups is 1. The molecule has 2 aromatic carbocycles. The van der Waals surface area contributed by atoms with Crippen LogP contribution in [0, 0.1) is 0 Å². The van der Waals surface area contributed by atoms with Crippen LogP contribution in [0.3, 0.4) is 0 Å². The Morgan fingerprint density at radius 3 is 2.43 bits per heavy atom. The van der Waals surface area contributed by atoms with E-state index >= 15 is 0 Å². The number of dihydropyridines is 1. The normalized spacial score (nSPS) is 19.8. The van der Waals surface area contributed by atoms with Crippen molar-refractivity contribution in [1.29, 1.82) is 0 Å². The number of hydrogen-bond acceptors (Lipinski definition) is 6. The maximum atomic E-state index is 13.7. The quantitative estimate of drug-likeness (QED) is 0.394. The van der Waals surface area contributed by atoms with E-state index < -0.39 is 5.92 Å². The smallest absolute Gasteiger partial charge is 0.336 e. The molecule has 184 valence electrons. The first-order valence-corrected chi connectivity index (χ1v) is 13.4. The van der Waals surface area contributed by atoms with Crippen molar-refractivity contribution in [3.63, 3.8) is 0 Å². The van der Waals surface area contributed by atoms with Crippen LogP contribution in [0.2, 0.25) is 0 Å². The Kier molecular flexibility index (Phi) is 8.01. The molecule has 1 aliphatic heterocycles. The van der Waals surface area contributed by atoms with E-state index in [1.807, 2.05) is 68.4 Å². The molecule has 5 nitrogen and oxygen atoms in total. The maximum absolute atomic E-state index is 13.7. The van der Waals surface area contributed by atoms with Gasteiger partial charge in [0.2, 0.25) is 0 Å². The Labute approximate surface area is 212 Å². The number of rotatable bonds is 8. The molecule has 1 heterocycles. The van der Waals surface area contributed by atoms with Gasteiger partial charge in [-0.3, -0.25) is 4.79 Å². The van der Waals surface area contributed by atoms with Crippen molar-refractivity contribution < 1.29 is 14.3 Å². The second-order valence-corrected chi connectivity index (χ2v) is 10.6. The van der Waals surface area contributed by atoms with Gasteiger partial charge < -0.3 is 15.0 Å². The Hall–Kier alpha value is -2.99. The Bertz CT molecular complexity index is 1140. The fourth-order valence-corrected chi connectivity index (χ4v) is 5.47. The van der Waals surface area contributed by atoms with Crippen molar-refractivity contribution in [2.45, 2.75) is 38.5 Å². The SMILES string of the molecule is CCSCCOC(=O)C1=C(C)NC2=C(C(=O)C[C@H](c3ccccc3)C2)[C@@H]1c1ccc(N(C)C)cc1. The predicted molar refractivity (Wildman–Crippen MR) is 144 cm³/mol. The highest BCUT2D eigenvalue weighted by Crippen LogP contribution is 2.45. The summed E-state index contributed by atoms with van der Waals surface area (Å²) < 4.78 is 5.67.